The molecule has 3 N–H and O–H groups in total. The quantitative estimate of drug-likeness (QED) is 0.384. The molecule has 1 heterocycles. The van der Waals surface area contributed by atoms with Gasteiger partial charge in [0.1, 0.15) is 0 Å². The molecule has 0 atom stereocenters. The van der Waals surface area contributed by atoms with Crippen LogP contribution in [0.25, 0.3) is 0 Å². The summed E-state index contributed by atoms with van der Waals surface area (Å²) in [5.74, 6) is 0.0816. The molecule has 2 rings (SSSR count). The fraction of sp³-hybridized carbons (Fsp3) is 0.562. The Labute approximate surface area is 131 Å². The van der Waals surface area contributed by atoms with Crippen molar-refractivity contribution in [3.63, 3.8) is 0 Å². The zero-order chi connectivity index (χ0) is 15.5. The summed E-state index contributed by atoms with van der Waals surface area (Å²) in [5, 5.41) is 12.4. The van der Waals surface area contributed by atoms with Crippen LogP contribution in [-0.4, -0.2) is 24.1 Å². The average Bonchev–Trinajstić information content (AvgIpc) is 2.54. The Morgan fingerprint density at radius 1 is 1.33 bits per heavy atom. The second-order valence-electron chi connectivity index (χ2n) is 5.85. The summed E-state index contributed by atoms with van der Waals surface area (Å²) in [7, 11) is 0. The van der Waals surface area contributed by atoms with E-state index in [4.69, 9.17) is 22.5 Å². The third kappa shape index (κ3) is 3.26. The molecule has 5 heteroatoms. The maximum Gasteiger partial charge on any atom is 0.170 e. The van der Waals surface area contributed by atoms with Crippen LogP contribution in [0.4, 0.5) is 5.69 Å². The van der Waals surface area contributed by atoms with E-state index in [0.717, 1.165) is 18.8 Å². The van der Waals surface area contributed by atoms with Crippen molar-refractivity contribution in [3.05, 3.63) is 28.8 Å². The molecule has 0 spiro atoms. The van der Waals surface area contributed by atoms with Gasteiger partial charge in [-0.3, -0.25) is 0 Å². The Bertz CT molecular complexity index is 516. The fourth-order valence-corrected chi connectivity index (χ4v) is 3.46. The lowest BCUT2D eigenvalue weighted by molar-refractivity contribution is 0.199. The molecule has 4 nitrogen and oxygen atoms in total. The molecule has 1 fully saturated rings. The zero-order valence-electron chi connectivity index (χ0n) is 12.8. The van der Waals surface area contributed by atoms with Crippen LogP contribution in [0.5, 0.6) is 0 Å². The van der Waals surface area contributed by atoms with E-state index >= 15 is 0 Å². The molecule has 0 aliphatic carbocycles. The normalized spacial score (nSPS) is 18.8. The van der Waals surface area contributed by atoms with E-state index < -0.39 is 0 Å². The monoisotopic (exact) mass is 309 g/mol. The van der Waals surface area contributed by atoms with Gasteiger partial charge in [0.2, 0.25) is 0 Å². The highest BCUT2D eigenvalue weighted by Gasteiger charge is 2.31. The van der Waals surface area contributed by atoms with Gasteiger partial charge < -0.3 is 15.8 Å². The van der Waals surface area contributed by atoms with E-state index in [0.29, 0.717) is 16.0 Å². The first-order valence-corrected chi connectivity index (χ1v) is 7.95. The van der Waals surface area contributed by atoms with E-state index in [-0.39, 0.29) is 5.84 Å². The second kappa shape index (κ2) is 6.56. The number of rotatable bonds is 4. The largest absolute Gasteiger partial charge is 0.409 e. The van der Waals surface area contributed by atoms with Crippen LogP contribution in [-0.2, 0) is 0 Å². The molecule has 0 bridgehead atoms. The topological polar surface area (TPSA) is 61.8 Å². The minimum Gasteiger partial charge on any atom is -0.409 e. The highest BCUT2D eigenvalue weighted by atomic mass is 35.5. The third-order valence-corrected chi connectivity index (χ3v) is 5.32. The number of amidine groups is 1. The van der Waals surface area contributed by atoms with Crippen LogP contribution in [0.2, 0.25) is 5.02 Å². The number of halogens is 1. The molecule has 1 saturated heterocycles. The smallest absolute Gasteiger partial charge is 0.170 e. The van der Waals surface area contributed by atoms with Crippen LogP contribution in [0.3, 0.4) is 0 Å². The van der Waals surface area contributed by atoms with Crippen molar-refractivity contribution in [1.82, 2.24) is 0 Å². The van der Waals surface area contributed by atoms with Gasteiger partial charge in [0, 0.05) is 18.7 Å². The summed E-state index contributed by atoms with van der Waals surface area (Å²) in [5.41, 5.74) is 7.76. The van der Waals surface area contributed by atoms with Crippen LogP contribution in [0.1, 0.15) is 45.1 Å². The number of nitrogens with zero attached hydrogens (tertiary/aromatic N) is 2. The summed E-state index contributed by atoms with van der Waals surface area (Å²) in [6, 6.07) is 5.56. The van der Waals surface area contributed by atoms with E-state index in [1.54, 1.807) is 6.07 Å². The lowest BCUT2D eigenvalue weighted by atomic mass is 9.74. The molecule has 1 aliphatic heterocycles. The molecule has 21 heavy (non-hydrogen) atoms. The predicted octanol–water partition coefficient (Wildman–Crippen LogP) is 3.84. The van der Waals surface area contributed by atoms with Gasteiger partial charge in [-0.25, -0.2) is 0 Å². The minimum absolute atomic E-state index is 0.0816. The number of piperidine rings is 1. The number of hydrogen-bond acceptors (Lipinski definition) is 3. The van der Waals surface area contributed by atoms with Gasteiger partial charge in [0.05, 0.1) is 10.7 Å². The summed E-state index contributed by atoms with van der Waals surface area (Å²) in [6.07, 6.45) is 4.90. The Morgan fingerprint density at radius 3 is 2.43 bits per heavy atom. The molecule has 0 radical (unpaired) electrons. The highest BCUT2D eigenvalue weighted by Crippen LogP contribution is 2.40. The maximum atomic E-state index is 8.72. The predicted molar refractivity (Wildman–Crippen MR) is 88.4 cm³/mol. The lowest BCUT2D eigenvalue weighted by Crippen LogP contribution is -2.39. The van der Waals surface area contributed by atoms with E-state index in [2.05, 4.69) is 23.9 Å². The zero-order valence-corrected chi connectivity index (χ0v) is 13.5. The van der Waals surface area contributed by atoms with Crippen molar-refractivity contribution in [2.75, 3.05) is 18.0 Å². The van der Waals surface area contributed by atoms with Gasteiger partial charge in [-0.1, -0.05) is 43.4 Å². The SMILES string of the molecule is CCC1(CC)CCN(c2ccc(C(N)=NO)cc2Cl)CC1. The Morgan fingerprint density at radius 2 is 1.95 bits per heavy atom. The van der Waals surface area contributed by atoms with Gasteiger partial charge in [-0.05, 0) is 36.5 Å². The number of benzene rings is 1. The van der Waals surface area contributed by atoms with Crippen LogP contribution in [0.15, 0.2) is 23.4 Å². The van der Waals surface area contributed by atoms with E-state index in [1.165, 1.54) is 25.7 Å². The van der Waals surface area contributed by atoms with Gasteiger partial charge >= 0.3 is 0 Å². The molecule has 1 aliphatic rings. The molecule has 0 aromatic heterocycles. The Balaban J connectivity index is 2.14. The molecule has 116 valence electrons. The van der Waals surface area contributed by atoms with Crippen molar-refractivity contribution in [1.29, 1.82) is 0 Å². The summed E-state index contributed by atoms with van der Waals surface area (Å²) in [6.45, 7) is 6.64. The van der Waals surface area contributed by atoms with Crippen molar-refractivity contribution in [2.24, 2.45) is 16.3 Å². The van der Waals surface area contributed by atoms with Crippen LogP contribution >= 0.6 is 11.6 Å². The number of nitrogens with two attached hydrogens (primary N) is 1. The first-order valence-electron chi connectivity index (χ1n) is 7.57. The number of anilines is 1. The molecule has 0 amide bonds. The first-order chi connectivity index (χ1) is 10.0. The van der Waals surface area contributed by atoms with E-state index in [9.17, 15) is 0 Å². The van der Waals surface area contributed by atoms with E-state index in [1.807, 2.05) is 12.1 Å². The Kier molecular flexibility index (Phi) is 4.99. The summed E-state index contributed by atoms with van der Waals surface area (Å²) in [4.78, 5) is 2.34. The highest BCUT2D eigenvalue weighted by molar-refractivity contribution is 6.33. The van der Waals surface area contributed by atoms with Crippen LogP contribution < -0.4 is 10.6 Å². The standard InChI is InChI=1S/C16H24ClN3O/c1-3-16(4-2)7-9-20(10-8-16)14-6-5-12(11-13(14)17)15(18)19-21/h5-6,11,21H,3-4,7-10H2,1-2H3,(H2,18,19). The van der Waals surface area contributed by atoms with Gasteiger partial charge in [-0.2, -0.15) is 0 Å². The molecular weight excluding hydrogens is 286 g/mol. The van der Waals surface area contributed by atoms with Crippen molar-refractivity contribution < 1.29 is 5.21 Å². The molecule has 1 aromatic rings. The first kappa shape index (κ1) is 16.0. The summed E-state index contributed by atoms with van der Waals surface area (Å²) >= 11 is 6.37. The lowest BCUT2D eigenvalue weighted by Gasteiger charge is -2.42. The number of oxime groups is 1. The van der Waals surface area contributed by atoms with Crippen molar-refractivity contribution >= 4 is 23.1 Å². The number of hydrogen-bond donors (Lipinski definition) is 2. The van der Waals surface area contributed by atoms with Crippen molar-refractivity contribution in [3.8, 4) is 0 Å². The Hall–Kier alpha value is -1.42. The van der Waals surface area contributed by atoms with Crippen LogP contribution in [0, 0.1) is 5.41 Å². The molecular formula is C16H24ClN3O. The second-order valence-corrected chi connectivity index (χ2v) is 6.25. The molecule has 0 unspecified atom stereocenters. The van der Waals surface area contributed by atoms with Crippen molar-refractivity contribution in [2.45, 2.75) is 39.5 Å². The average molecular weight is 310 g/mol. The third-order valence-electron chi connectivity index (χ3n) is 5.02. The fourth-order valence-electron chi connectivity index (χ4n) is 3.16. The summed E-state index contributed by atoms with van der Waals surface area (Å²) < 4.78 is 0. The molecule has 0 saturated carbocycles. The van der Waals surface area contributed by atoms with Gasteiger partial charge in [-0.15, -0.1) is 0 Å². The molecule has 1 aromatic carbocycles. The van der Waals surface area contributed by atoms with Gasteiger partial charge in [0.15, 0.2) is 5.84 Å². The maximum absolute atomic E-state index is 8.72. The minimum atomic E-state index is 0.0816. The van der Waals surface area contributed by atoms with Gasteiger partial charge in [0.25, 0.3) is 0 Å².